The van der Waals surface area contributed by atoms with Crippen molar-refractivity contribution in [3.05, 3.63) is 29.3 Å². The van der Waals surface area contributed by atoms with Gasteiger partial charge in [-0.25, -0.2) is 0 Å². The molecule has 19 heavy (non-hydrogen) atoms. The molecule has 1 aromatic carbocycles. The molecule has 0 aliphatic carbocycles. The summed E-state index contributed by atoms with van der Waals surface area (Å²) in [5, 5.41) is 1.56. The highest BCUT2D eigenvalue weighted by Gasteiger charge is 2.39. The molecule has 1 atom stereocenters. The highest BCUT2D eigenvalue weighted by molar-refractivity contribution is 6.21. The fourth-order valence-corrected chi connectivity index (χ4v) is 2.42. The fourth-order valence-electron chi connectivity index (χ4n) is 2.10. The van der Waals surface area contributed by atoms with Crippen molar-refractivity contribution in [3.8, 4) is 0 Å². The number of hydrogen-bond donors (Lipinski definition) is 1. The zero-order valence-electron chi connectivity index (χ0n) is 10.4. The molecule has 104 valence electrons. The second kappa shape index (κ2) is 4.40. The Hall–Kier alpha value is -1.23. The van der Waals surface area contributed by atoms with E-state index in [-0.39, 0.29) is 5.91 Å². The Bertz CT molecular complexity index is 525. The zero-order valence-corrected chi connectivity index (χ0v) is 11.2. The maximum Gasteiger partial charge on any atom is 0.390 e. The molecule has 0 radical (unpaired) electrons. The average Bonchev–Trinajstić information content (AvgIpc) is 2.47. The summed E-state index contributed by atoms with van der Waals surface area (Å²) in [6.07, 6.45) is -5.40. The molecule has 1 heterocycles. The maximum absolute atomic E-state index is 12.3. The van der Waals surface area contributed by atoms with E-state index in [4.69, 9.17) is 11.6 Å². The number of anilines is 1. The van der Waals surface area contributed by atoms with Gasteiger partial charge in [0.1, 0.15) is 0 Å². The molecule has 1 N–H and O–H groups in total. The summed E-state index contributed by atoms with van der Waals surface area (Å²) >= 11 is 5.80. The molecule has 0 saturated carbocycles. The van der Waals surface area contributed by atoms with Crippen LogP contribution in [-0.2, 0) is 10.2 Å². The third-order valence-electron chi connectivity index (χ3n) is 3.31. The Morgan fingerprint density at radius 1 is 1.37 bits per heavy atom. The summed E-state index contributed by atoms with van der Waals surface area (Å²) in [6.45, 7) is 3.45. The van der Waals surface area contributed by atoms with Crippen molar-refractivity contribution in [2.45, 2.75) is 37.2 Å². The first-order chi connectivity index (χ1) is 8.61. The SMILES string of the molecule is CC1(C)C(=O)Nc2ccc(C(Cl)CC(F)(F)F)cc21. The Kier molecular flexibility index (Phi) is 3.29. The summed E-state index contributed by atoms with van der Waals surface area (Å²) in [5.41, 5.74) is 0.944. The summed E-state index contributed by atoms with van der Waals surface area (Å²) < 4.78 is 37.0. The van der Waals surface area contributed by atoms with E-state index in [0.717, 1.165) is 0 Å². The molecular formula is C13H13ClF3NO. The number of hydrogen-bond acceptors (Lipinski definition) is 1. The minimum absolute atomic E-state index is 0.165. The molecular weight excluding hydrogens is 279 g/mol. The predicted molar refractivity (Wildman–Crippen MR) is 67.4 cm³/mol. The first-order valence-electron chi connectivity index (χ1n) is 5.78. The van der Waals surface area contributed by atoms with E-state index in [2.05, 4.69) is 5.32 Å². The van der Waals surface area contributed by atoms with Crippen molar-refractivity contribution in [3.63, 3.8) is 0 Å². The van der Waals surface area contributed by atoms with Gasteiger partial charge in [0.25, 0.3) is 0 Å². The Labute approximate surface area is 113 Å². The molecule has 0 aromatic heterocycles. The lowest BCUT2D eigenvalue weighted by Gasteiger charge is -2.18. The van der Waals surface area contributed by atoms with Crippen LogP contribution in [0.3, 0.4) is 0 Å². The molecule has 1 amide bonds. The van der Waals surface area contributed by atoms with E-state index in [1.807, 2.05) is 0 Å². The van der Waals surface area contributed by atoms with Crippen molar-refractivity contribution in [1.82, 2.24) is 0 Å². The molecule has 1 aliphatic heterocycles. The van der Waals surface area contributed by atoms with Crippen LogP contribution < -0.4 is 5.32 Å². The van der Waals surface area contributed by atoms with E-state index in [1.165, 1.54) is 6.07 Å². The molecule has 6 heteroatoms. The molecule has 2 nitrogen and oxygen atoms in total. The van der Waals surface area contributed by atoms with Crippen LogP contribution >= 0.6 is 11.6 Å². The number of nitrogens with one attached hydrogen (secondary N) is 1. The number of rotatable bonds is 2. The van der Waals surface area contributed by atoms with Crippen LogP contribution in [0.15, 0.2) is 18.2 Å². The van der Waals surface area contributed by atoms with Gasteiger partial charge in [0.15, 0.2) is 0 Å². The van der Waals surface area contributed by atoms with Gasteiger partial charge in [0.2, 0.25) is 5.91 Å². The molecule has 0 saturated heterocycles. The number of amides is 1. The smallest absolute Gasteiger partial charge is 0.325 e. The summed E-state index contributed by atoms with van der Waals surface area (Å²) in [6, 6.07) is 4.70. The lowest BCUT2D eigenvalue weighted by Crippen LogP contribution is -2.26. The van der Waals surface area contributed by atoms with Gasteiger partial charge >= 0.3 is 6.18 Å². The minimum atomic E-state index is -4.31. The van der Waals surface area contributed by atoms with Crippen LogP contribution in [0.1, 0.15) is 36.8 Å². The van der Waals surface area contributed by atoms with Crippen molar-refractivity contribution < 1.29 is 18.0 Å². The van der Waals surface area contributed by atoms with Gasteiger partial charge in [-0.15, -0.1) is 11.6 Å². The van der Waals surface area contributed by atoms with Gasteiger partial charge in [-0.05, 0) is 31.0 Å². The highest BCUT2D eigenvalue weighted by atomic mass is 35.5. The molecule has 0 spiro atoms. The maximum atomic E-state index is 12.3. The van der Waals surface area contributed by atoms with E-state index in [9.17, 15) is 18.0 Å². The van der Waals surface area contributed by atoms with E-state index < -0.39 is 23.4 Å². The average molecular weight is 292 g/mol. The second-order valence-corrected chi connectivity index (χ2v) is 5.70. The zero-order chi connectivity index (χ0) is 14.4. The number of carbonyl (C=O) groups excluding carboxylic acids is 1. The number of fused-ring (bicyclic) bond motifs is 1. The van der Waals surface area contributed by atoms with Gasteiger partial charge in [-0.3, -0.25) is 4.79 Å². The summed E-state index contributed by atoms with van der Waals surface area (Å²) in [4.78, 5) is 11.7. The Morgan fingerprint density at radius 3 is 2.58 bits per heavy atom. The minimum Gasteiger partial charge on any atom is -0.325 e. The molecule has 1 unspecified atom stereocenters. The van der Waals surface area contributed by atoms with Crippen LogP contribution in [0.2, 0.25) is 0 Å². The van der Waals surface area contributed by atoms with Gasteiger partial charge in [0.05, 0.1) is 17.2 Å². The molecule has 1 aliphatic rings. The molecule has 0 bridgehead atoms. The normalized spacial score (nSPS) is 18.9. The first kappa shape index (κ1) is 14.2. The van der Waals surface area contributed by atoms with Crippen molar-refractivity contribution in [1.29, 1.82) is 0 Å². The van der Waals surface area contributed by atoms with Crippen molar-refractivity contribution in [2.75, 3.05) is 5.32 Å². The first-order valence-corrected chi connectivity index (χ1v) is 6.21. The van der Waals surface area contributed by atoms with Crippen LogP contribution in [0, 0.1) is 0 Å². The van der Waals surface area contributed by atoms with Crippen LogP contribution in [-0.4, -0.2) is 12.1 Å². The van der Waals surface area contributed by atoms with Crippen LogP contribution in [0.4, 0.5) is 18.9 Å². The highest BCUT2D eigenvalue weighted by Crippen LogP contribution is 2.41. The predicted octanol–water partition coefficient (Wildman–Crippen LogP) is 4.15. The number of halogens is 4. The quantitative estimate of drug-likeness (QED) is 0.815. The number of carbonyl (C=O) groups is 1. The topological polar surface area (TPSA) is 29.1 Å². The van der Waals surface area contributed by atoms with E-state index in [1.54, 1.807) is 26.0 Å². The number of alkyl halides is 4. The second-order valence-electron chi connectivity index (χ2n) is 5.17. The Morgan fingerprint density at radius 2 is 2.00 bits per heavy atom. The molecule has 1 aromatic rings. The van der Waals surface area contributed by atoms with E-state index in [0.29, 0.717) is 16.8 Å². The van der Waals surface area contributed by atoms with Crippen molar-refractivity contribution in [2.24, 2.45) is 0 Å². The van der Waals surface area contributed by atoms with Crippen LogP contribution in [0.25, 0.3) is 0 Å². The van der Waals surface area contributed by atoms with Gasteiger partial charge in [-0.2, -0.15) is 13.2 Å². The van der Waals surface area contributed by atoms with Crippen molar-refractivity contribution >= 4 is 23.2 Å². The third kappa shape index (κ3) is 2.71. The standard InChI is InChI=1S/C13H13ClF3NO/c1-12(2)8-5-7(9(14)6-13(15,16)17)3-4-10(8)18-11(12)19/h3-5,9H,6H2,1-2H3,(H,18,19). The summed E-state index contributed by atoms with van der Waals surface area (Å²) in [7, 11) is 0. The van der Waals surface area contributed by atoms with E-state index >= 15 is 0 Å². The number of benzene rings is 1. The van der Waals surface area contributed by atoms with Gasteiger partial charge < -0.3 is 5.32 Å². The molecule has 2 rings (SSSR count). The van der Waals surface area contributed by atoms with Gasteiger partial charge in [0, 0.05) is 5.69 Å². The third-order valence-corrected chi connectivity index (χ3v) is 3.71. The molecule has 0 fully saturated rings. The summed E-state index contributed by atoms with van der Waals surface area (Å²) in [5.74, 6) is -0.165. The Balaban J connectivity index is 2.33. The lowest BCUT2D eigenvalue weighted by atomic mass is 9.85. The van der Waals surface area contributed by atoms with Crippen LogP contribution in [0.5, 0.6) is 0 Å². The largest absolute Gasteiger partial charge is 0.390 e. The lowest BCUT2D eigenvalue weighted by molar-refractivity contribution is -0.134. The monoisotopic (exact) mass is 291 g/mol. The fraction of sp³-hybridized carbons (Fsp3) is 0.462. The van der Waals surface area contributed by atoms with Gasteiger partial charge in [-0.1, -0.05) is 12.1 Å².